The number of sulfonamides is 1. The summed E-state index contributed by atoms with van der Waals surface area (Å²) in [4.78, 5) is 33.4. The summed E-state index contributed by atoms with van der Waals surface area (Å²) in [5.41, 5.74) is 2.07. The van der Waals surface area contributed by atoms with Crippen LogP contribution in [0.4, 0.5) is 17.3 Å². The molecule has 0 aliphatic carbocycles. The fourth-order valence-electron chi connectivity index (χ4n) is 3.53. The van der Waals surface area contributed by atoms with Gasteiger partial charge in [0.1, 0.15) is 0 Å². The number of nitrogens with one attached hydrogen (secondary N) is 3. The van der Waals surface area contributed by atoms with Gasteiger partial charge in [0.25, 0.3) is 15.9 Å². The van der Waals surface area contributed by atoms with Gasteiger partial charge in [-0.25, -0.2) is 18.4 Å². The Kier molecular flexibility index (Phi) is 8.09. The molecule has 1 amide bonds. The molecule has 1 aromatic heterocycles. The number of ketones is 1. The van der Waals surface area contributed by atoms with Crippen molar-refractivity contribution in [3.05, 3.63) is 84.4 Å². The smallest absolute Gasteiger partial charge is 0.263 e. The fourth-order valence-corrected chi connectivity index (χ4v) is 4.56. The molecule has 4 rings (SSSR count). The second-order valence-corrected chi connectivity index (χ2v) is 10.0. The predicted octanol–water partition coefficient (Wildman–Crippen LogP) is 4.66. The third kappa shape index (κ3) is 6.68. The van der Waals surface area contributed by atoms with Crippen LogP contribution in [0.15, 0.2) is 83.8 Å². The van der Waals surface area contributed by atoms with E-state index < -0.39 is 10.0 Å². The first-order valence-corrected chi connectivity index (χ1v) is 13.4. The number of aromatic nitrogens is 2. The molecule has 0 saturated heterocycles. The zero-order chi connectivity index (χ0) is 26.3. The van der Waals surface area contributed by atoms with Crippen molar-refractivity contribution >= 4 is 50.1 Å². The van der Waals surface area contributed by atoms with Crippen LogP contribution < -0.4 is 15.4 Å². The van der Waals surface area contributed by atoms with Crippen LogP contribution in [0.1, 0.15) is 36.5 Å². The van der Waals surface area contributed by atoms with Crippen molar-refractivity contribution in [2.45, 2.75) is 31.1 Å². The van der Waals surface area contributed by atoms with Gasteiger partial charge in [-0.05, 0) is 55.0 Å². The van der Waals surface area contributed by atoms with E-state index >= 15 is 0 Å². The van der Waals surface area contributed by atoms with E-state index in [1.807, 2.05) is 13.0 Å². The molecule has 190 valence electrons. The Morgan fingerprint density at radius 1 is 0.811 bits per heavy atom. The second kappa shape index (κ2) is 11.6. The monoisotopic (exact) mass is 517 g/mol. The van der Waals surface area contributed by atoms with E-state index in [0.717, 1.165) is 12.8 Å². The number of benzene rings is 3. The Labute approximate surface area is 215 Å². The average Bonchev–Trinajstić information content (AvgIpc) is 2.91. The molecule has 0 unspecified atom stereocenters. The number of amides is 1. The quantitative estimate of drug-likeness (QED) is 0.264. The number of nitrogens with zero attached hydrogens (tertiary/aromatic N) is 2. The maximum absolute atomic E-state index is 13.0. The number of Topliss-reactive ketones (excluding diaryl/α,β-unsaturated/α-hetero) is 1. The summed E-state index contributed by atoms with van der Waals surface area (Å²) in [5, 5.41) is 5.73. The Balaban J connectivity index is 1.54. The number of carbonyl (C=O) groups excluding carboxylic acids is 2. The molecule has 0 atom stereocenters. The van der Waals surface area contributed by atoms with Gasteiger partial charge in [0, 0.05) is 17.7 Å². The largest absolute Gasteiger partial charge is 0.345 e. The van der Waals surface area contributed by atoms with Crippen molar-refractivity contribution in [2.75, 3.05) is 16.6 Å². The Morgan fingerprint density at radius 3 is 2.08 bits per heavy atom. The highest BCUT2D eigenvalue weighted by atomic mass is 32.2. The molecular weight excluding hydrogens is 490 g/mol. The van der Waals surface area contributed by atoms with Crippen molar-refractivity contribution in [2.24, 2.45) is 0 Å². The van der Waals surface area contributed by atoms with E-state index in [-0.39, 0.29) is 34.8 Å². The van der Waals surface area contributed by atoms with Crippen molar-refractivity contribution in [3.8, 4) is 0 Å². The lowest BCUT2D eigenvalue weighted by atomic mass is 10.1. The van der Waals surface area contributed by atoms with E-state index in [2.05, 4.69) is 25.3 Å². The molecule has 3 N–H and O–H groups in total. The number of hydrogen-bond acceptors (Lipinski definition) is 7. The molecule has 4 aromatic rings. The topological polar surface area (TPSA) is 130 Å². The lowest BCUT2D eigenvalue weighted by Gasteiger charge is -2.14. The first kappa shape index (κ1) is 25.8. The first-order valence-electron chi connectivity index (χ1n) is 11.9. The maximum Gasteiger partial charge on any atom is 0.263 e. The molecule has 0 spiro atoms. The highest BCUT2D eigenvalue weighted by Crippen LogP contribution is 2.27. The lowest BCUT2D eigenvalue weighted by molar-refractivity contribution is -0.118. The molecule has 0 aliphatic rings. The van der Waals surface area contributed by atoms with Crippen LogP contribution >= 0.6 is 0 Å². The fraction of sp³-hybridized carbons (Fsp3) is 0.185. The van der Waals surface area contributed by atoms with E-state index in [1.54, 1.807) is 60.7 Å². The summed E-state index contributed by atoms with van der Waals surface area (Å²) in [6.45, 7) is 2.00. The number of carbonyl (C=O) groups is 2. The zero-order valence-electron chi connectivity index (χ0n) is 20.3. The normalized spacial score (nSPS) is 11.2. The van der Waals surface area contributed by atoms with Gasteiger partial charge in [-0.3, -0.25) is 14.3 Å². The average molecular weight is 518 g/mol. The van der Waals surface area contributed by atoms with Crippen molar-refractivity contribution < 1.29 is 18.0 Å². The summed E-state index contributed by atoms with van der Waals surface area (Å²) >= 11 is 0. The van der Waals surface area contributed by atoms with Gasteiger partial charge in [-0.1, -0.05) is 43.7 Å². The number of rotatable bonds is 11. The van der Waals surface area contributed by atoms with Crippen LogP contribution in [0.25, 0.3) is 11.0 Å². The van der Waals surface area contributed by atoms with Crippen LogP contribution in [0.5, 0.6) is 0 Å². The molecule has 37 heavy (non-hydrogen) atoms. The molecule has 10 heteroatoms. The van der Waals surface area contributed by atoms with Crippen LogP contribution in [-0.4, -0.2) is 36.6 Å². The second-order valence-electron chi connectivity index (χ2n) is 8.36. The van der Waals surface area contributed by atoms with E-state index in [0.29, 0.717) is 28.7 Å². The molecule has 9 nitrogen and oxygen atoms in total. The van der Waals surface area contributed by atoms with Crippen molar-refractivity contribution in [1.29, 1.82) is 0 Å². The van der Waals surface area contributed by atoms with Gasteiger partial charge < -0.3 is 10.6 Å². The number of anilines is 3. The van der Waals surface area contributed by atoms with Gasteiger partial charge in [0.15, 0.2) is 17.4 Å². The molecule has 0 bridgehead atoms. The minimum atomic E-state index is -3.91. The van der Waals surface area contributed by atoms with Gasteiger partial charge in [-0.2, -0.15) is 0 Å². The minimum Gasteiger partial charge on any atom is -0.345 e. The molecular formula is C27H27N5O4S. The SMILES string of the molecule is CCCCC(=O)CNC(=O)c1ccc(Nc2nc3ccccc3nc2NS(=O)(=O)c2ccccc2)cc1. The number of hydrogen-bond donors (Lipinski definition) is 3. The summed E-state index contributed by atoms with van der Waals surface area (Å²) in [6.07, 6.45) is 2.17. The third-order valence-electron chi connectivity index (χ3n) is 5.52. The van der Waals surface area contributed by atoms with E-state index in [9.17, 15) is 18.0 Å². The highest BCUT2D eigenvalue weighted by Gasteiger charge is 2.19. The molecule has 1 heterocycles. The Hall–Kier alpha value is -4.31. The summed E-state index contributed by atoms with van der Waals surface area (Å²) in [6, 6.07) is 21.7. The van der Waals surface area contributed by atoms with Crippen molar-refractivity contribution in [3.63, 3.8) is 0 Å². The Morgan fingerprint density at radius 2 is 1.43 bits per heavy atom. The predicted molar refractivity (Wildman–Crippen MR) is 143 cm³/mol. The third-order valence-corrected chi connectivity index (χ3v) is 6.88. The summed E-state index contributed by atoms with van der Waals surface area (Å²) in [5.74, 6) is -0.112. The van der Waals surface area contributed by atoms with Gasteiger partial charge in [0.2, 0.25) is 0 Å². The first-order chi connectivity index (χ1) is 17.9. The molecule has 0 saturated carbocycles. The Bertz CT molecular complexity index is 1510. The lowest BCUT2D eigenvalue weighted by Crippen LogP contribution is -2.29. The van der Waals surface area contributed by atoms with Crippen LogP contribution in [0, 0.1) is 0 Å². The summed E-state index contributed by atoms with van der Waals surface area (Å²) < 4.78 is 28.4. The van der Waals surface area contributed by atoms with Crippen LogP contribution in [0.3, 0.4) is 0 Å². The van der Waals surface area contributed by atoms with E-state index in [1.165, 1.54) is 12.1 Å². The molecule has 0 aliphatic heterocycles. The number of para-hydroxylation sites is 2. The minimum absolute atomic E-state index is 0.00354. The molecule has 0 fully saturated rings. The number of fused-ring (bicyclic) bond motifs is 1. The molecule has 3 aromatic carbocycles. The van der Waals surface area contributed by atoms with E-state index in [4.69, 9.17) is 0 Å². The molecule has 0 radical (unpaired) electrons. The zero-order valence-corrected chi connectivity index (χ0v) is 21.1. The maximum atomic E-state index is 13.0. The highest BCUT2D eigenvalue weighted by molar-refractivity contribution is 7.92. The van der Waals surface area contributed by atoms with Crippen molar-refractivity contribution in [1.82, 2.24) is 15.3 Å². The van der Waals surface area contributed by atoms with Gasteiger partial charge >= 0.3 is 0 Å². The van der Waals surface area contributed by atoms with Crippen LogP contribution in [-0.2, 0) is 14.8 Å². The van der Waals surface area contributed by atoms with Gasteiger partial charge in [0.05, 0.1) is 22.5 Å². The number of unbranched alkanes of at least 4 members (excludes halogenated alkanes) is 1. The van der Waals surface area contributed by atoms with Gasteiger partial charge in [-0.15, -0.1) is 0 Å². The standard InChI is InChI=1S/C27H27N5O4S/c1-2-3-9-21(33)18-28-27(34)19-14-16-20(17-15-19)29-25-26(31-24-13-8-7-12-23(24)30-25)32-37(35,36)22-10-5-4-6-11-22/h4-8,10-17H,2-3,9,18H2,1H3,(H,28,34)(H,29,30)(H,31,32). The van der Waals surface area contributed by atoms with Crippen LogP contribution in [0.2, 0.25) is 0 Å². The summed E-state index contributed by atoms with van der Waals surface area (Å²) in [7, 11) is -3.91.